The number of halogens is 4. The van der Waals surface area contributed by atoms with Crippen molar-refractivity contribution in [3.63, 3.8) is 0 Å². The van der Waals surface area contributed by atoms with Gasteiger partial charge in [0.05, 0.1) is 48.3 Å². The number of carbonyl (C=O) groups is 3. The number of amides is 2. The first kappa shape index (κ1) is 36.0. The standard InChI is InChI=1S/C36H41ClF3N5O5/c37-31-16-23(4-9-32(31)42-34(47)29-3-1-2-24-10-11-41-19-30(24)29)17-33(46)45-20-26(44-14-12-43(13-15-44)22-36(38,39)40)18-27(45)21-50-28-7-5-25(6-8-28)35(48)49/h1-4,9-11,16,19,25-28H,5-8,12-15,17-18,20-22H2,(H,42,47)(H,48,49)/t25-,26-,27-,28-/m0/s1. The lowest BCUT2D eigenvalue weighted by atomic mass is 9.87. The van der Waals surface area contributed by atoms with Crippen LogP contribution >= 0.6 is 11.6 Å². The SMILES string of the molecule is O=C(Nc1ccc(CC(=O)N2C[C@@H](N3CCN(CC(F)(F)F)CC3)C[C@H]2CO[C@H]2CC[C@H](C(=O)O)CC2)cc1Cl)c1cccc2ccncc12. The van der Waals surface area contributed by atoms with E-state index in [4.69, 9.17) is 16.3 Å². The van der Waals surface area contributed by atoms with Crippen molar-refractivity contribution >= 4 is 45.8 Å². The van der Waals surface area contributed by atoms with Gasteiger partial charge in [-0.25, -0.2) is 0 Å². The molecule has 10 nitrogen and oxygen atoms in total. The Morgan fingerprint density at radius 3 is 2.48 bits per heavy atom. The predicted octanol–water partition coefficient (Wildman–Crippen LogP) is 5.49. The molecule has 50 heavy (non-hydrogen) atoms. The number of carboxylic acids is 1. The van der Waals surface area contributed by atoms with Crippen molar-refractivity contribution in [2.45, 2.75) is 62.9 Å². The summed E-state index contributed by atoms with van der Waals surface area (Å²) in [6.07, 6.45) is 2.05. The molecule has 0 unspecified atom stereocenters. The van der Waals surface area contributed by atoms with E-state index in [9.17, 15) is 32.7 Å². The second-order valence-electron chi connectivity index (χ2n) is 13.5. The Kier molecular flexibility index (Phi) is 11.3. The average Bonchev–Trinajstić information content (AvgIpc) is 3.52. The molecule has 2 saturated heterocycles. The number of rotatable bonds is 10. The van der Waals surface area contributed by atoms with Crippen LogP contribution in [0.1, 0.15) is 48.0 Å². The number of carbonyl (C=O) groups excluding carboxylic acids is 2. The molecule has 3 fully saturated rings. The molecule has 0 bridgehead atoms. The summed E-state index contributed by atoms with van der Waals surface area (Å²) in [6, 6.07) is 12.1. The number of alkyl halides is 3. The molecule has 0 radical (unpaired) electrons. The summed E-state index contributed by atoms with van der Waals surface area (Å²) in [6.45, 7) is 1.37. The zero-order chi connectivity index (χ0) is 35.4. The Morgan fingerprint density at radius 1 is 1.02 bits per heavy atom. The summed E-state index contributed by atoms with van der Waals surface area (Å²) < 4.78 is 45.1. The van der Waals surface area contributed by atoms with Crippen LogP contribution in [0.15, 0.2) is 54.9 Å². The highest BCUT2D eigenvalue weighted by Gasteiger charge is 2.40. The van der Waals surface area contributed by atoms with E-state index in [1.54, 1.807) is 42.7 Å². The molecule has 268 valence electrons. The van der Waals surface area contributed by atoms with E-state index in [2.05, 4.69) is 15.2 Å². The number of pyridine rings is 1. The Morgan fingerprint density at radius 2 is 1.78 bits per heavy atom. The molecule has 2 atom stereocenters. The highest BCUT2D eigenvalue weighted by atomic mass is 35.5. The lowest BCUT2D eigenvalue weighted by Gasteiger charge is -2.38. The molecule has 2 aromatic carbocycles. The third kappa shape index (κ3) is 8.92. The number of ether oxygens (including phenoxy) is 1. The first-order valence-electron chi connectivity index (χ1n) is 17.0. The van der Waals surface area contributed by atoms with E-state index in [0.717, 1.165) is 5.39 Å². The predicted molar refractivity (Wildman–Crippen MR) is 182 cm³/mol. The van der Waals surface area contributed by atoms with Gasteiger partial charge in [0.25, 0.3) is 5.91 Å². The number of anilines is 1. The first-order valence-corrected chi connectivity index (χ1v) is 17.4. The summed E-state index contributed by atoms with van der Waals surface area (Å²) in [4.78, 5) is 47.9. The molecular weight excluding hydrogens is 675 g/mol. The van der Waals surface area contributed by atoms with Gasteiger partial charge in [-0.1, -0.05) is 29.8 Å². The molecule has 0 spiro atoms. The van der Waals surface area contributed by atoms with E-state index in [1.165, 1.54) is 4.90 Å². The minimum atomic E-state index is -4.24. The van der Waals surface area contributed by atoms with Crippen LogP contribution in [0, 0.1) is 5.92 Å². The average molecular weight is 716 g/mol. The smallest absolute Gasteiger partial charge is 0.401 e. The van der Waals surface area contributed by atoms with Gasteiger partial charge >= 0.3 is 12.1 Å². The molecule has 3 heterocycles. The van der Waals surface area contributed by atoms with Gasteiger partial charge in [-0.3, -0.25) is 29.2 Å². The highest BCUT2D eigenvalue weighted by molar-refractivity contribution is 6.34. The van der Waals surface area contributed by atoms with Gasteiger partial charge in [0.15, 0.2) is 0 Å². The minimum absolute atomic E-state index is 0.0197. The zero-order valence-corrected chi connectivity index (χ0v) is 28.3. The van der Waals surface area contributed by atoms with Crippen LogP contribution in [-0.4, -0.2) is 113 Å². The Bertz CT molecular complexity index is 1690. The molecule has 2 aliphatic heterocycles. The van der Waals surface area contributed by atoms with Gasteiger partial charge in [0, 0.05) is 62.1 Å². The van der Waals surface area contributed by atoms with Crippen LogP contribution in [0.25, 0.3) is 10.8 Å². The van der Waals surface area contributed by atoms with Crippen LogP contribution in [0.5, 0.6) is 0 Å². The second-order valence-corrected chi connectivity index (χ2v) is 13.9. The van der Waals surface area contributed by atoms with Crippen LogP contribution in [0.2, 0.25) is 5.02 Å². The Hall–Kier alpha value is -3.78. The maximum absolute atomic E-state index is 13.8. The number of carboxylic acid groups (broad SMARTS) is 1. The van der Waals surface area contributed by atoms with E-state index in [0.29, 0.717) is 93.6 Å². The third-order valence-corrected chi connectivity index (χ3v) is 10.5. The van der Waals surface area contributed by atoms with Crippen LogP contribution in [0.4, 0.5) is 18.9 Å². The maximum Gasteiger partial charge on any atom is 0.401 e. The van der Waals surface area contributed by atoms with Gasteiger partial charge in [0.1, 0.15) is 0 Å². The number of nitrogens with zero attached hydrogens (tertiary/aromatic N) is 4. The molecule has 3 aliphatic rings. The van der Waals surface area contributed by atoms with Gasteiger partial charge in [-0.2, -0.15) is 13.2 Å². The quantitative estimate of drug-likeness (QED) is 0.283. The van der Waals surface area contributed by atoms with Gasteiger partial charge < -0.3 is 20.1 Å². The van der Waals surface area contributed by atoms with Gasteiger partial charge in [0.2, 0.25) is 5.91 Å². The van der Waals surface area contributed by atoms with Crippen LogP contribution in [0.3, 0.4) is 0 Å². The van der Waals surface area contributed by atoms with Crippen molar-refractivity contribution in [3.05, 3.63) is 71.0 Å². The molecule has 3 aromatic rings. The number of likely N-dealkylation sites (tertiary alicyclic amines) is 1. The molecular formula is C36H41ClF3N5O5. The number of hydrogen-bond acceptors (Lipinski definition) is 7. The lowest BCUT2D eigenvalue weighted by Crippen LogP contribution is -2.52. The minimum Gasteiger partial charge on any atom is -0.481 e. The van der Waals surface area contributed by atoms with Crippen molar-refractivity contribution in [1.82, 2.24) is 19.7 Å². The first-order chi connectivity index (χ1) is 23.9. The monoisotopic (exact) mass is 715 g/mol. The van der Waals surface area contributed by atoms with Gasteiger partial charge in [-0.05, 0) is 67.3 Å². The van der Waals surface area contributed by atoms with E-state index < -0.39 is 18.7 Å². The number of piperazine rings is 1. The number of benzene rings is 2. The molecule has 14 heteroatoms. The fourth-order valence-electron chi connectivity index (χ4n) is 7.43. The zero-order valence-electron chi connectivity index (χ0n) is 27.6. The second kappa shape index (κ2) is 15.6. The summed E-state index contributed by atoms with van der Waals surface area (Å²) >= 11 is 6.60. The molecule has 1 saturated carbocycles. The number of aromatic nitrogens is 1. The normalized spacial score (nSPS) is 23.6. The number of hydrogen-bond donors (Lipinski definition) is 2. The summed E-state index contributed by atoms with van der Waals surface area (Å²) in [5.41, 5.74) is 1.53. The molecule has 1 aromatic heterocycles. The van der Waals surface area contributed by atoms with Crippen molar-refractivity contribution in [2.75, 3.05) is 51.2 Å². The molecule has 2 amide bonds. The van der Waals surface area contributed by atoms with Crippen molar-refractivity contribution < 1.29 is 37.4 Å². The van der Waals surface area contributed by atoms with Crippen molar-refractivity contribution in [2.24, 2.45) is 5.92 Å². The molecule has 6 rings (SSSR count). The summed E-state index contributed by atoms with van der Waals surface area (Å²) in [5.74, 6) is -1.60. The molecule has 1 aliphatic carbocycles. The largest absolute Gasteiger partial charge is 0.481 e. The number of aliphatic carboxylic acids is 1. The number of fused-ring (bicyclic) bond motifs is 1. The van der Waals surface area contributed by atoms with Crippen molar-refractivity contribution in [1.29, 1.82) is 0 Å². The fourth-order valence-corrected chi connectivity index (χ4v) is 7.68. The Balaban J connectivity index is 1.10. The highest BCUT2D eigenvalue weighted by Crippen LogP contribution is 2.31. The maximum atomic E-state index is 13.8. The lowest BCUT2D eigenvalue weighted by molar-refractivity contribution is -0.150. The van der Waals surface area contributed by atoms with Crippen molar-refractivity contribution in [3.8, 4) is 0 Å². The van der Waals surface area contributed by atoms with Gasteiger partial charge in [-0.15, -0.1) is 0 Å². The topological polar surface area (TPSA) is 115 Å². The number of nitrogens with one attached hydrogen (secondary N) is 1. The van der Waals surface area contributed by atoms with Crippen LogP contribution in [-0.2, 0) is 20.7 Å². The summed E-state index contributed by atoms with van der Waals surface area (Å²) in [7, 11) is 0. The fraction of sp³-hybridized carbons (Fsp3) is 0.500. The van der Waals surface area contributed by atoms with Crippen LogP contribution < -0.4 is 5.32 Å². The summed E-state index contributed by atoms with van der Waals surface area (Å²) in [5, 5.41) is 14.1. The van der Waals surface area contributed by atoms with E-state index >= 15 is 0 Å². The Labute approximate surface area is 293 Å². The van der Waals surface area contributed by atoms with E-state index in [1.807, 2.05) is 17.0 Å². The third-order valence-electron chi connectivity index (χ3n) is 10.2. The van der Waals surface area contributed by atoms with E-state index in [-0.39, 0.29) is 47.4 Å². The molecule has 2 N–H and O–H groups in total.